The van der Waals surface area contributed by atoms with Gasteiger partial charge in [0.05, 0.1) is 29.2 Å². The molecule has 0 unspecified atom stereocenters. The van der Waals surface area contributed by atoms with Crippen LogP contribution >= 0.6 is 11.3 Å². The molecule has 8 nitrogen and oxygen atoms in total. The smallest absolute Gasteiger partial charge is 0.296 e. The molecule has 1 amide bonds. The number of ether oxygens (including phenoxy) is 2. The van der Waals surface area contributed by atoms with Crippen molar-refractivity contribution in [3.05, 3.63) is 38.3 Å². The van der Waals surface area contributed by atoms with Crippen molar-refractivity contribution in [3.8, 4) is 11.5 Å². The average molecular weight is 379 g/mol. The third-order valence-corrected chi connectivity index (χ3v) is 4.06. The molecule has 0 radical (unpaired) electrons. The minimum Gasteiger partial charge on any atom is -0.490 e. The summed E-state index contributed by atoms with van der Waals surface area (Å²) < 4.78 is 11.2. The van der Waals surface area contributed by atoms with Crippen LogP contribution in [0.1, 0.15) is 42.2 Å². The highest BCUT2D eigenvalue weighted by Gasteiger charge is 2.23. The Hall–Kier alpha value is -2.68. The van der Waals surface area contributed by atoms with E-state index in [1.807, 2.05) is 13.8 Å². The first-order valence-corrected chi connectivity index (χ1v) is 9.15. The van der Waals surface area contributed by atoms with Crippen molar-refractivity contribution in [1.82, 2.24) is 4.98 Å². The second-order valence-corrected chi connectivity index (χ2v) is 6.54. The highest BCUT2D eigenvalue weighted by Crippen LogP contribution is 2.38. The third-order valence-electron chi connectivity index (χ3n) is 3.28. The van der Waals surface area contributed by atoms with Gasteiger partial charge in [-0.05, 0) is 19.8 Å². The number of anilines is 1. The fourth-order valence-corrected chi connectivity index (χ4v) is 2.70. The van der Waals surface area contributed by atoms with Crippen molar-refractivity contribution >= 4 is 28.6 Å². The quantitative estimate of drug-likeness (QED) is 0.517. The monoisotopic (exact) mass is 379 g/mol. The number of nitrogens with one attached hydrogen (secondary N) is 1. The minimum atomic E-state index is -0.565. The summed E-state index contributed by atoms with van der Waals surface area (Å²) in [6.07, 6.45) is 1.52. The van der Waals surface area contributed by atoms with Gasteiger partial charge in [0.25, 0.3) is 11.6 Å². The van der Waals surface area contributed by atoms with Crippen LogP contribution in [0.2, 0.25) is 0 Å². The number of aryl methyl sites for hydroxylation is 1. The lowest BCUT2D eigenvalue weighted by atomic mass is 10.2. The van der Waals surface area contributed by atoms with Crippen molar-refractivity contribution < 1.29 is 19.2 Å². The fraction of sp³-hybridized carbons (Fsp3) is 0.412. The van der Waals surface area contributed by atoms with E-state index in [4.69, 9.17) is 9.47 Å². The van der Waals surface area contributed by atoms with E-state index in [1.165, 1.54) is 23.5 Å². The molecule has 0 atom stereocenters. The number of carbonyl (C=O) groups excluding carboxylic acids is 1. The van der Waals surface area contributed by atoms with Crippen molar-refractivity contribution in [3.63, 3.8) is 0 Å². The zero-order chi connectivity index (χ0) is 19.1. The van der Waals surface area contributed by atoms with E-state index >= 15 is 0 Å². The molecule has 26 heavy (non-hydrogen) atoms. The van der Waals surface area contributed by atoms with E-state index in [-0.39, 0.29) is 22.8 Å². The minimum absolute atomic E-state index is 0.0422. The Bertz CT molecular complexity index is 791. The summed E-state index contributed by atoms with van der Waals surface area (Å²) in [6, 6.07) is 2.71. The number of thiazole rings is 1. The Kier molecular flexibility index (Phi) is 6.90. The maximum atomic E-state index is 12.3. The van der Waals surface area contributed by atoms with E-state index in [0.717, 1.165) is 17.8 Å². The van der Waals surface area contributed by atoms with Crippen LogP contribution in [0.3, 0.4) is 0 Å². The topological polar surface area (TPSA) is 104 Å². The molecule has 140 valence electrons. The molecule has 0 aliphatic carbocycles. The summed E-state index contributed by atoms with van der Waals surface area (Å²) in [4.78, 5) is 27.3. The molecule has 0 aliphatic rings. The Morgan fingerprint density at radius 2 is 1.85 bits per heavy atom. The lowest BCUT2D eigenvalue weighted by Crippen LogP contribution is -2.14. The maximum Gasteiger partial charge on any atom is 0.296 e. The molecule has 2 aromatic rings. The molecule has 0 saturated carbocycles. The van der Waals surface area contributed by atoms with Crippen LogP contribution in [-0.2, 0) is 0 Å². The van der Waals surface area contributed by atoms with Crippen LogP contribution in [0.15, 0.2) is 17.5 Å². The summed E-state index contributed by atoms with van der Waals surface area (Å²) in [6.45, 7) is 6.50. The molecule has 1 N–H and O–H groups in total. The van der Waals surface area contributed by atoms with Gasteiger partial charge in [-0.15, -0.1) is 11.3 Å². The summed E-state index contributed by atoms with van der Waals surface area (Å²) >= 11 is 1.33. The van der Waals surface area contributed by atoms with Gasteiger partial charge in [-0.25, -0.2) is 4.98 Å². The zero-order valence-electron chi connectivity index (χ0n) is 14.9. The highest BCUT2D eigenvalue weighted by atomic mass is 32.1. The Labute approximate surface area is 155 Å². The molecule has 0 aliphatic heterocycles. The number of hydrogen-bond acceptors (Lipinski definition) is 7. The van der Waals surface area contributed by atoms with Crippen molar-refractivity contribution in [2.45, 2.75) is 33.6 Å². The fourth-order valence-electron chi connectivity index (χ4n) is 2.10. The Morgan fingerprint density at radius 1 is 1.23 bits per heavy atom. The van der Waals surface area contributed by atoms with Gasteiger partial charge in [-0.2, -0.15) is 0 Å². The van der Waals surface area contributed by atoms with E-state index in [2.05, 4.69) is 10.3 Å². The number of nitro groups is 1. The number of aromatic nitrogens is 1. The number of hydrogen-bond donors (Lipinski definition) is 1. The standard InChI is InChI=1S/C17H21N3O5S/c1-4-6-24-15-8-12(19-17(21)13-10-26-11(3)18-13)14(20(22)23)9-16(15)25-7-5-2/h8-10H,4-7H2,1-3H3,(H,19,21). The van der Waals surface area contributed by atoms with Gasteiger partial charge in [0.2, 0.25) is 0 Å². The molecule has 2 rings (SSSR count). The van der Waals surface area contributed by atoms with Crippen LogP contribution in [0.5, 0.6) is 11.5 Å². The summed E-state index contributed by atoms with van der Waals surface area (Å²) in [5, 5.41) is 16.3. The molecule has 0 bridgehead atoms. The average Bonchev–Trinajstić information content (AvgIpc) is 3.05. The first kappa shape index (κ1) is 19.6. The number of amides is 1. The molecule has 0 fully saturated rings. The maximum absolute atomic E-state index is 12.3. The predicted octanol–water partition coefficient (Wildman–Crippen LogP) is 4.19. The van der Waals surface area contributed by atoms with E-state index in [1.54, 1.807) is 12.3 Å². The SMILES string of the molecule is CCCOc1cc(NC(=O)c2csc(C)n2)c([N+](=O)[O-])cc1OCCC. The van der Waals surface area contributed by atoms with Crippen LogP contribution in [0, 0.1) is 17.0 Å². The second-order valence-electron chi connectivity index (χ2n) is 5.48. The summed E-state index contributed by atoms with van der Waals surface area (Å²) in [7, 11) is 0. The normalized spacial score (nSPS) is 10.4. The lowest BCUT2D eigenvalue weighted by molar-refractivity contribution is -0.384. The van der Waals surface area contributed by atoms with Crippen molar-refractivity contribution in [2.24, 2.45) is 0 Å². The molecule has 1 heterocycles. The number of nitrogens with zero attached hydrogens (tertiary/aromatic N) is 2. The van der Waals surface area contributed by atoms with E-state index in [0.29, 0.717) is 19.0 Å². The molecule has 0 spiro atoms. The largest absolute Gasteiger partial charge is 0.490 e. The first-order chi connectivity index (χ1) is 12.5. The van der Waals surface area contributed by atoms with Crippen LogP contribution in [-0.4, -0.2) is 29.0 Å². The molecule has 9 heteroatoms. The van der Waals surface area contributed by atoms with Crippen LogP contribution in [0.4, 0.5) is 11.4 Å². The van der Waals surface area contributed by atoms with Gasteiger partial charge < -0.3 is 14.8 Å². The molecular weight excluding hydrogens is 358 g/mol. The van der Waals surface area contributed by atoms with Gasteiger partial charge in [-0.3, -0.25) is 14.9 Å². The summed E-state index contributed by atoms with van der Waals surface area (Å²) in [5.74, 6) is 0.131. The van der Waals surface area contributed by atoms with Gasteiger partial charge in [0.1, 0.15) is 11.4 Å². The number of benzene rings is 1. The van der Waals surface area contributed by atoms with Gasteiger partial charge in [0.15, 0.2) is 11.5 Å². The van der Waals surface area contributed by atoms with Gasteiger partial charge in [0, 0.05) is 11.4 Å². The molecule has 0 saturated heterocycles. The van der Waals surface area contributed by atoms with E-state index in [9.17, 15) is 14.9 Å². The lowest BCUT2D eigenvalue weighted by Gasteiger charge is -2.14. The molecule has 1 aromatic carbocycles. The zero-order valence-corrected chi connectivity index (χ0v) is 15.7. The number of rotatable bonds is 9. The van der Waals surface area contributed by atoms with Crippen molar-refractivity contribution in [2.75, 3.05) is 18.5 Å². The Balaban J connectivity index is 2.38. The molecular formula is C17H21N3O5S. The van der Waals surface area contributed by atoms with E-state index < -0.39 is 10.8 Å². The number of carbonyl (C=O) groups is 1. The third kappa shape index (κ3) is 4.92. The van der Waals surface area contributed by atoms with Crippen molar-refractivity contribution in [1.29, 1.82) is 0 Å². The highest BCUT2D eigenvalue weighted by molar-refractivity contribution is 7.09. The molecule has 1 aromatic heterocycles. The predicted molar refractivity (Wildman–Crippen MR) is 99.5 cm³/mol. The second kappa shape index (κ2) is 9.14. The number of nitro benzene ring substituents is 1. The van der Waals surface area contributed by atoms with Gasteiger partial charge in [-0.1, -0.05) is 13.8 Å². The first-order valence-electron chi connectivity index (χ1n) is 8.27. The van der Waals surface area contributed by atoms with Gasteiger partial charge >= 0.3 is 0 Å². The van der Waals surface area contributed by atoms with Crippen LogP contribution < -0.4 is 14.8 Å². The summed E-state index contributed by atoms with van der Waals surface area (Å²) in [5.41, 5.74) is -0.00927. The van der Waals surface area contributed by atoms with Crippen LogP contribution in [0.25, 0.3) is 0 Å². The Morgan fingerprint density at radius 3 is 2.35 bits per heavy atom.